The van der Waals surface area contributed by atoms with Crippen molar-refractivity contribution in [2.24, 2.45) is 0 Å². The highest BCUT2D eigenvalue weighted by molar-refractivity contribution is 7.89. The average Bonchev–Trinajstić information content (AvgIpc) is 2.97. The van der Waals surface area contributed by atoms with Gasteiger partial charge in [-0.15, -0.1) is 0 Å². The summed E-state index contributed by atoms with van der Waals surface area (Å²) < 4.78 is 28.8. The van der Waals surface area contributed by atoms with Gasteiger partial charge in [0.25, 0.3) is 0 Å². The lowest BCUT2D eigenvalue weighted by atomic mass is 10.2. The minimum absolute atomic E-state index is 0.00805. The van der Waals surface area contributed by atoms with E-state index < -0.39 is 10.0 Å². The Kier molecular flexibility index (Phi) is 5.06. The smallest absolute Gasteiger partial charge is 0.240 e. The first-order valence-electron chi connectivity index (χ1n) is 8.16. The SMILES string of the molecule is Cc1ccc(S(=O)(=O)NCCC(=O)Nn2cnc3ccccc32)c(C)c1. The number of amides is 1. The third-order valence-electron chi connectivity index (χ3n) is 3.96. The van der Waals surface area contributed by atoms with Crippen molar-refractivity contribution in [2.75, 3.05) is 12.0 Å². The number of imidazole rings is 1. The minimum Gasteiger partial charge on any atom is -0.273 e. The molecule has 0 fully saturated rings. The molecule has 2 N–H and O–H groups in total. The van der Waals surface area contributed by atoms with Crippen LogP contribution in [-0.4, -0.2) is 30.5 Å². The van der Waals surface area contributed by atoms with Crippen LogP contribution in [0.1, 0.15) is 17.5 Å². The molecule has 1 aromatic heterocycles. The third-order valence-corrected chi connectivity index (χ3v) is 5.58. The van der Waals surface area contributed by atoms with Crippen molar-refractivity contribution in [1.29, 1.82) is 0 Å². The van der Waals surface area contributed by atoms with Crippen LogP contribution in [0.15, 0.2) is 53.7 Å². The van der Waals surface area contributed by atoms with Gasteiger partial charge >= 0.3 is 0 Å². The number of nitrogens with zero attached hydrogens (tertiary/aromatic N) is 2. The van der Waals surface area contributed by atoms with Crippen molar-refractivity contribution in [2.45, 2.75) is 25.2 Å². The van der Waals surface area contributed by atoms with Crippen LogP contribution in [0, 0.1) is 13.8 Å². The summed E-state index contributed by atoms with van der Waals surface area (Å²) >= 11 is 0. The number of para-hydroxylation sites is 2. The predicted octanol–water partition coefficient (Wildman–Crippen LogP) is 2.09. The molecule has 3 rings (SSSR count). The normalized spacial score (nSPS) is 11.6. The van der Waals surface area contributed by atoms with Gasteiger partial charge in [0.1, 0.15) is 6.33 Å². The summed E-state index contributed by atoms with van der Waals surface area (Å²) in [5.41, 5.74) is 5.90. The molecule has 26 heavy (non-hydrogen) atoms. The highest BCUT2D eigenvalue weighted by Crippen LogP contribution is 2.16. The Morgan fingerprint density at radius 2 is 1.92 bits per heavy atom. The standard InChI is InChI=1S/C18H20N4O3S/c1-13-7-8-17(14(2)11-13)26(24,25)20-10-9-18(23)21-22-12-19-15-5-3-4-6-16(15)22/h3-8,11-12,20H,9-10H2,1-2H3,(H,21,23). The molecule has 2 aromatic carbocycles. The maximum Gasteiger partial charge on any atom is 0.240 e. The Labute approximate surface area is 152 Å². The van der Waals surface area contributed by atoms with Gasteiger partial charge in [-0.25, -0.2) is 22.8 Å². The van der Waals surface area contributed by atoms with E-state index in [1.807, 2.05) is 37.3 Å². The number of aromatic nitrogens is 2. The van der Waals surface area contributed by atoms with Crippen LogP contribution >= 0.6 is 0 Å². The topological polar surface area (TPSA) is 93.1 Å². The summed E-state index contributed by atoms with van der Waals surface area (Å²) in [5.74, 6) is -0.309. The lowest BCUT2D eigenvalue weighted by Crippen LogP contribution is -2.30. The fourth-order valence-corrected chi connectivity index (χ4v) is 3.97. The van der Waals surface area contributed by atoms with E-state index in [2.05, 4.69) is 15.1 Å². The lowest BCUT2D eigenvalue weighted by Gasteiger charge is -2.10. The van der Waals surface area contributed by atoms with Gasteiger partial charge in [-0.1, -0.05) is 29.8 Å². The number of sulfonamides is 1. The zero-order valence-corrected chi connectivity index (χ0v) is 15.4. The van der Waals surface area contributed by atoms with Crippen molar-refractivity contribution in [3.05, 3.63) is 59.9 Å². The maximum atomic E-state index is 12.4. The van der Waals surface area contributed by atoms with Crippen LogP contribution in [0.25, 0.3) is 11.0 Å². The zero-order chi connectivity index (χ0) is 18.7. The third kappa shape index (κ3) is 3.92. The molecule has 0 aliphatic heterocycles. The second-order valence-electron chi connectivity index (χ2n) is 6.05. The number of hydrogen-bond acceptors (Lipinski definition) is 4. The van der Waals surface area contributed by atoms with Gasteiger partial charge in [0.15, 0.2) is 0 Å². The van der Waals surface area contributed by atoms with Gasteiger partial charge < -0.3 is 0 Å². The molecule has 0 unspecified atom stereocenters. The van der Waals surface area contributed by atoms with Gasteiger partial charge in [0.05, 0.1) is 15.9 Å². The van der Waals surface area contributed by atoms with Crippen molar-refractivity contribution in [1.82, 2.24) is 14.4 Å². The summed E-state index contributed by atoms with van der Waals surface area (Å²) in [6.07, 6.45) is 1.53. The van der Waals surface area contributed by atoms with E-state index >= 15 is 0 Å². The molecule has 8 heteroatoms. The molecular formula is C18H20N4O3S. The average molecular weight is 372 g/mol. The summed E-state index contributed by atoms with van der Waals surface area (Å²) in [6.45, 7) is 3.66. The molecule has 0 saturated carbocycles. The van der Waals surface area contributed by atoms with Crippen LogP contribution in [0.4, 0.5) is 0 Å². The second-order valence-corrected chi connectivity index (χ2v) is 7.79. The Morgan fingerprint density at radius 3 is 2.69 bits per heavy atom. The van der Waals surface area contributed by atoms with E-state index in [-0.39, 0.29) is 23.8 Å². The first-order chi connectivity index (χ1) is 12.4. The number of benzene rings is 2. The maximum absolute atomic E-state index is 12.4. The molecule has 0 spiro atoms. The molecule has 1 heterocycles. The van der Waals surface area contributed by atoms with Crippen molar-refractivity contribution in [3.8, 4) is 0 Å². The molecule has 3 aromatic rings. The summed E-state index contributed by atoms with van der Waals surface area (Å²) in [4.78, 5) is 16.5. The van der Waals surface area contributed by atoms with Crippen LogP contribution < -0.4 is 10.1 Å². The molecule has 7 nitrogen and oxygen atoms in total. The molecule has 0 aliphatic carbocycles. The van der Waals surface area contributed by atoms with E-state index in [1.165, 1.54) is 11.0 Å². The van der Waals surface area contributed by atoms with Crippen molar-refractivity contribution >= 4 is 27.0 Å². The van der Waals surface area contributed by atoms with Gasteiger partial charge in [-0.2, -0.15) is 0 Å². The van der Waals surface area contributed by atoms with E-state index in [4.69, 9.17) is 0 Å². The van der Waals surface area contributed by atoms with E-state index in [1.54, 1.807) is 19.1 Å². The van der Waals surface area contributed by atoms with E-state index in [9.17, 15) is 13.2 Å². The number of carbonyl (C=O) groups excluding carboxylic acids is 1. The number of nitrogens with one attached hydrogen (secondary N) is 2. The summed E-state index contributed by atoms with van der Waals surface area (Å²) in [7, 11) is -3.65. The van der Waals surface area contributed by atoms with E-state index in [0.717, 1.165) is 16.6 Å². The molecule has 0 bridgehead atoms. The van der Waals surface area contributed by atoms with Gasteiger partial charge in [-0.05, 0) is 37.6 Å². The van der Waals surface area contributed by atoms with Gasteiger partial charge in [0.2, 0.25) is 15.9 Å². The number of rotatable bonds is 6. The largest absolute Gasteiger partial charge is 0.273 e. The first kappa shape index (κ1) is 18.1. The summed E-state index contributed by atoms with van der Waals surface area (Å²) in [6, 6.07) is 12.5. The minimum atomic E-state index is -3.65. The first-order valence-corrected chi connectivity index (χ1v) is 9.64. The van der Waals surface area contributed by atoms with Crippen molar-refractivity contribution < 1.29 is 13.2 Å². The molecule has 1 amide bonds. The number of fused-ring (bicyclic) bond motifs is 1. The molecule has 0 aliphatic rings. The number of carbonyl (C=O) groups is 1. The number of aryl methyl sites for hydroxylation is 2. The van der Waals surface area contributed by atoms with Crippen LogP contribution in [-0.2, 0) is 14.8 Å². The van der Waals surface area contributed by atoms with Gasteiger partial charge in [0, 0.05) is 13.0 Å². The quantitative estimate of drug-likeness (QED) is 0.693. The van der Waals surface area contributed by atoms with Crippen molar-refractivity contribution in [3.63, 3.8) is 0 Å². The Balaban J connectivity index is 1.59. The fraction of sp³-hybridized carbons (Fsp3) is 0.222. The van der Waals surface area contributed by atoms with E-state index in [0.29, 0.717) is 5.56 Å². The highest BCUT2D eigenvalue weighted by Gasteiger charge is 2.17. The molecule has 136 valence electrons. The predicted molar refractivity (Wildman–Crippen MR) is 99.8 cm³/mol. The number of hydrogen-bond donors (Lipinski definition) is 2. The molecule has 0 saturated heterocycles. The fourth-order valence-electron chi connectivity index (χ4n) is 2.72. The molecule has 0 atom stereocenters. The van der Waals surface area contributed by atoms with Gasteiger partial charge in [-0.3, -0.25) is 10.2 Å². The summed E-state index contributed by atoms with van der Waals surface area (Å²) in [5, 5.41) is 0. The second kappa shape index (κ2) is 7.27. The Bertz CT molecular complexity index is 1060. The van der Waals surface area contributed by atoms with Crippen LogP contribution in [0.2, 0.25) is 0 Å². The lowest BCUT2D eigenvalue weighted by molar-refractivity contribution is -0.116. The van der Waals surface area contributed by atoms with Crippen LogP contribution in [0.3, 0.4) is 0 Å². The highest BCUT2D eigenvalue weighted by atomic mass is 32.2. The Morgan fingerprint density at radius 1 is 1.15 bits per heavy atom. The van der Waals surface area contributed by atoms with Crippen LogP contribution in [0.5, 0.6) is 0 Å². The zero-order valence-electron chi connectivity index (χ0n) is 14.6. The molecule has 0 radical (unpaired) electrons. The molecular weight excluding hydrogens is 352 g/mol. The Hall–Kier alpha value is -2.71. The monoisotopic (exact) mass is 372 g/mol.